The molecule has 3 heterocycles. The lowest BCUT2D eigenvalue weighted by molar-refractivity contribution is 0.609. The van der Waals surface area contributed by atoms with Gasteiger partial charge in [0.25, 0.3) is 0 Å². The maximum absolute atomic E-state index is 2.47. The van der Waals surface area contributed by atoms with Crippen LogP contribution in [0.25, 0.3) is 43.6 Å². The monoisotopic (exact) mass is 890 g/mol. The van der Waals surface area contributed by atoms with Crippen LogP contribution in [-0.4, -0.2) is 16.2 Å². The maximum atomic E-state index is 2.47. The Hall–Kier alpha value is -5.28. The van der Waals surface area contributed by atoms with Gasteiger partial charge in [0, 0.05) is 81.4 Å². The van der Waals surface area contributed by atoms with Crippen LogP contribution in [0.5, 0.6) is 0 Å². The van der Waals surface area contributed by atoms with Crippen molar-refractivity contribution in [1.29, 1.82) is 0 Å². The van der Waals surface area contributed by atoms with Crippen LogP contribution in [0.3, 0.4) is 0 Å². The van der Waals surface area contributed by atoms with Crippen LogP contribution in [-0.2, 0) is 24.9 Å². The molecule has 6 aromatic carbocycles. The second-order valence-corrected chi connectivity index (χ2v) is 17.2. The van der Waals surface area contributed by atoms with E-state index in [1.165, 1.54) is 94.8 Å². The van der Waals surface area contributed by atoms with Crippen molar-refractivity contribution in [3.05, 3.63) is 155 Å². The van der Waals surface area contributed by atoms with Crippen LogP contribution in [0.2, 0.25) is 0 Å². The highest BCUT2D eigenvalue weighted by Gasteiger charge is 2.36. The van der Waals surface area contributed by atoms with Crippen LogP contribution in [0.1, 0.15) is 177 Å². The van der Waals surface area contributed by atoms with Gasteiger partial charge in [0.2, 0.25) is 0 Å². The molecule has 0 N–H and O–H groups in total. The zero-order valence-corrected chi connectivity index (χ0v) is 45.9. The van der Waals surface area contributed by atoms with E-state index in [4.69, 9.17) is 0 Å². The Balaban J connectivity index is 0.000000365. The molecule has 0 saturated heterocycles. The number of rotatable bonds is 4. The average molecular weight is 890 g/mol. The molecule has 3 heteroatoms. The van der Waals surface area contributed by atoms with Crippen LogP contribution in [0.4, 0.5) is 11.4 Å². The van der Waals surface area contributed by atoms with Gasteiger partial charge in [-0.15, -0.1) is 0 Å². The van der Waals surface area contributed by atoms with Gasteiger partial charge in [0.15, 0.2) is 0 Å². The molecule has 358 valence electrons. The van der Waals surface area contributed by atoms with Crippen molar-refractivity contribution in [2.45, 2.75) is 161 Å². The number of para-hydroxylation sites is 3. The predicted octanol–water partition coefficient (Wildman–Crippen LogP) is 19.8. The molecule has 66 heavy (non-hydrogen) atoms. The van der Waals surface area contributed by atoms with Crippen molar-refractivity contribution in [2.24, 2.45) is 14.1 Å². The molecule has 1 atom stereocenters. The molecule has 3 nitrogen and oxygen atoms in total. The minimum atomic E-state index is -0.0469. The standard InChI is InChI=1S/C27H31N.C23H22N2.C3H8.5C2H6/c1-7-18(2)21-16-22-20-13-9-11-15-25(20)28(6)26(22)17-24(21)27(4,5)23-14-10-8-12-19(23)3;1-23(2)17-10-6-8-12-20(17)25(4)22-14-21-16(13-18(22)23)15-9-5-7-11-19(15)24(21)3;1-3-2;5*1-2/h8-18H,7H2,1-6H3;5-14H,1-4H3;3H2,1-2H3;5*1-2H3. The lowest BCUT2D eigenvalue weighted by Gasteiger charge is -2.40. The number of nitrogens with zero attached hydrogens (tertiary/aromatic N) is 3. The Morgan fingerprint density at radius 2 is 0.924 bits per heavy atom. The molecule has 0 spiro atoms. The summed E-state index contributed by atoms with van der Waals surface area (Å²) in [4.78, 5) is 2.34. The molecular formula is C63H91N3. The number of fused-ring (bicyclic) bond motifs is 8. The molecule has 0 saturated carbocycles. The van der Waals surface area contributed by atoms with Crippen LogP contribution in [0.15, 0.2) is 121 Å². The third kappa shape index (κ3) is 11.1. The minimum Gasteiger partial charge on any atom is -0.344 e. The first-order valence-electron chi connectivity index (χ1n) is 25.7. The zero-order valence-electron chi connectivity index (χ0n) is 45.9. The maximum Gasteiger partial charge on any atom is 0.0509 e. The van der Waals surface area contributed by atoms with E-state index in [0.29, 0.717) is 5.92 Å². The first-order valence-corrected chi connectivity index (χ1v) is 25.7. The third-order valence-electron chi connectivity index (χ3n) is 12.7. The molecule has 9 rings (SSSR count). The minimum absolute atomic E-state index is 0.0103. The molecule has 0 fully saturated rings. The Labute approximate surface area is 404 Å². The van der Waals surface area contributed by atoms with Gasteiger partial charge in [0.1, 0.15) is 0 Å². The number of aryl methyl sites for hydroxylation is 3. The summed E-state index contributed by atoms with van der Waals surface area (Å²) < 4.78 is 4.66. The van der Waals surface area contributed by atoms with Gasteiger partial charge in [-0.1, -0.05) is 210 Å². The highest BCUT2D eigenvalue weighted by Crippen LogP contribution is 2.50. The quantitative estimate of drug-likeness (QED) is 0.172. The number of anilines is 2. The van der Waals surface area contributed by atoms with Gasteiger partial charge in [-0.2, -0.15) is 0 Å². The Morgan fingerprint density at radius 3 is 1.44 bits per heavy atom. The van der Waals surface area contributed by atoms with Crippen molar-refractivity contribution in [3.63, 3.8) is 0 Å². The zero-order chi connectivity index (χ0) is 50.1. The number of benzene rings is 6. The molecule has 8 aromatic rings. The summed E-state index contributed by atoms with van der Waals surface area (Å²) >= 11 is 0. The SMILES string of the molecule is CC.CC.CC.CC.CC.CCC.CCC(C)c1cc2c3ccccc3n(C)c2cc1C(C)(C)c1ccccc1C.CN1c2ccccc2C(C)(C)c2cc3c4ccccc4n(C)c3cc21. The highest BCUT2D eigenvalue weighted by molar-refractivity contribution is 6.10. The van der Waals surface area contributed by atoms with Gasteiger partial charge in [-0.05, 0) is 95.1 Å². The van der Waals surface area contributed by atoms with E-state index in [1.54, 1.807) is 0 Å². The molecule has 0 bridgehead atoms. The fourth-order valence-corrected chi connectivity index (χ4v) is 9.35. The predicted molar refractivity (Wildman–Crippen MR) is 302 cm³/mol. The average Bonchev–Trinajstić information content (AvgIpc) is 3.81. The van der Waals surface area contributed by atoms with E-state index < -0.39 is 0 Å². The summed E-state index contributed by atoms with van der Waals surface area (Å²) in [5.41, 5.74) is 16.3. The molecular weight excluding hydrogens is 799 g/mol. The molecule has 1 unspecified atom stereocenters. The van der Waals surface area contributed by atoms with Crippen LogP contribution >= 0.6 is 0 Å². The first kappa shape index (κ1) is 56.8. The van der Waals surface area contributed by atoms with Gasteiger partial charge in [0.05, 0.1) is 5.52 Å². The largest absolute Gasteiger partial charge is 0.344 e. The number of hydrogen-bond donors (Lipinski definition) is 0. The molecule has 2 aromatic heterocycles. The van der Waals surface area contributed by atoms with Crippen LogP contribution in [0, 0.1) is 6.92 Å². The molecule has 0 amide bonds. The van der Waals surface area contributed by atoms with Crippen molar-refractivity contribution >= 4 is 55.0 Å². The van der Waals surface area contributed by atoms with Gasteiger partial charge in [-0.25, -0.2) is 0 Å². The van der Waals surface area contributed by atoms with E-state index >= 15 is 0 Å². The Kier molecular flexibility index (Phi) is 22.5. The second kappa shape index (κ2) is 26.2. The molecule has 0 aliphatic carbocycles. The first-order chi connectivity index (χ1) is 31.8. The Bertz CT molecular complexity index is 2700. The van der Waals surface area contributed by atoms with E-state index in [-0.39, 0.29) is 10.8 Å². The van der Waals surface area contributed by atoms with Crippen LogP contribution < -0.4 is 4.90 Å². The normalized spacial score (nSPS) is 12.2. The van der Waals surface area contributed by atoms with E-state index in [2.05, 4.69) is 219 Å². The van der Waals surface area contributed by atoms with Gasteiger partial charge in [-0.3, -0.25) is 0 Å². The van der Waals surface area contributed by atoms with Crippen molar-refractivity contribution in [1.82, 2.24) is 9.13 Å². The lowest BCUT2D eigenvalue weighted by atomic mass is 9.72. The fourth-order valence-electron chi connectivity index (χ4n) is 9.35. The van der Waals surface area contributed by atoms with Crippen molar-refractivity contribution < 1.29 is 0 Å². The van der Waals surface area contributed by atoms with E-state index in [9.17, 15) is 0 Å². The second-order valence-electron chi connectivity index (χ2n) is 17.2. The topological polar surface area (TPSA) is 13.1 Å². The summed E-state index contributed by atoms with van der Waals surface area (Å²) in [5.74, 6) is 0.529. The summed E-state index contributed by atoms with van der Waals surface area (Å²) in [6.07, 6.45) is 2.40. The van der Waals surface area contributed by atoms with Crippen molar-refractivity contribution in [3.8, 4) is 0 Å². The molecule has 1 aliphatic heterocycles. The summed E-state index contributed by atoms with van der Waals surface area (Å²) in [5, 5.41) is 5.40. The summed E-state index contributed by atoms with van der Waals surface area (Å²) in [6.45, 7) is 40.6. The molecule has 1 aliphatic rings. The fraction of sp³-hybridized carbons (Fsp3) is 0.429. The number of hydrogen-bond acceptors (Lipinski definition) is 1. The summed E-state index contributed by atoms with van der Waals surface area (Å²) in [7, 11) is 6.54. The number of aromatic nitrogens is 2. The van der Waals surface area contributed by atoms with E-state index in [0.717, 1.165) is 6.42 Å². The van der Waals surface area contributed by atoms with Gasteiger partial charge >= 0.3 is 0 Å². The molecule has 0 radical (unpaired) electrons. The van der Waals surface area contributed by atoms with Crippen molar-refractivity contribution in [2.75, 3.05) is 11.9 Å². The summed E-state index contributed by atoms with van der Waals surface area (Å²) in [6, 6.07) is 44.8. The lowest BCUT2D eigenvalue weighted by Crippen LogP contribution is -2.30. The Morgan fingerprint density at radius 1 is 0.485 bits per heavy atom. The van der Waals surface area contributed by atoms with Gasteiger partial charge < -0.3 is 14.0 Å². The van der Waals surface area contributed by atoms with E-state index in [1.807, 2.05) is 69.2 Å². The highest BCUT2D eigenvalue weighted by atomic mass is 15.1. The smallest absolute Gasteiger partial charge is 0.0509 e. The third-order valence-corrected chi connectivity index (χ3v) is 12.7.